The average Bonchev–Trinajstić information content (AvgIpc) is 2.80. The van der Waals surface area contributed by atoms with Crippen molar-refractivity contribution in [1.29, 1.82) is 0 Å². The molecule has 18 heavy (non-hydrogen) atoms. The highest BCUT2D eigenvalue weighted by molar-refractivity contribution is 5.95. The summed E-state index contributed by atoms with van der Waals surface area (Å²) in [7, 11) is 0. The van der Waals surface area contributed by atoms with Gasteiger partial charge in [-0.15, -0.1) is 0 Å². The summed E-state index contributed by atoms with van der Waals surface area (Å²) in [5.74, 6) is 0.126. The number of nitrogens with two attached hydrogens (primary N) is 1. The summed E-state index contributed by atoms with van der Waals surface area (Å²) in [6.07, 6.45) is 0.293. The van der Waals surface area contributed by atoms with Crippen LogP contribution in [0.1, 0.15) is 20.3 Å². The van der Waals surface area contributed by atoms with Crippen LogP contribution in [0.25, 0.3) is 0 Å². The van der Waals surface area contributed by atoms with Crippen LogP contribution in [-0.2, 0) is 14.3 Å². The zero-order valence-corrected chi connectivity index (χ0v) is 10.9. The minimum atomic E-state index is -0.551. The van der Waals surface area contributed by atoms with Gasteiger partial charge in [0, 0.05) is 6.54 Å². The number of Topliss-reactive ketones (excluding diaryl/α,β-unsaturated/α-hetero) is 1. The molecule has 2 aliphatic heterocycles. The van der Waals surface area contributed by atoms with Crippen LogP contribution < -0.4 is 5.73 Å². The number of nitrogens with zero attached hydrogens (tertiary/aromatic N) is 1. The van der Waals surface area contributed by atoms with Gasteiger partial charge in [0.2, 0.25) is 5.91 Å². The van der Waals surface area contributed by atoms with Crippen molar-refractivity contribution in [3.05, 3.63) is 12.2 Å². The third-order valence-corrected chi connectivity index (χ3v) is 3.46. The minimum absolute atomic E-state index is 0.0521. The van der Waals surface area contributed by atoms with Crippen molar-refractivity contribution in [2.75, 3.05) is 13.2 Å². The maximum atomic E-state index is 12.3. The summed E-state index contributed by atoms with van der Waals surface area (Å²) in [5.41, 5.74) is 6.69. The second kappa shape index (κ2) is 4.82. The van der Waals surface area contributed by atoms with Crippen molar-refractivity contribution < 1.29 is 14.3 Å². The summed E-state index contributed by atoms with van der Waals surface area (Å²) in [5, 5.41) is 0. The molecule has 2 heterocycles. The normalized spacial score (nSPS) is 29.0. The number of hydrogen-bond acceptors (Lipinski definition) is 4. The molecule has 0 bridgehead atoms. The molecule has 0 aromatic carbocycles. The molecule has 0 aromatic rings. The number of rotatable bonds is 3. The Bertz CT molecular complexity index is 390. The zero-order valence-electron chi connectivity index (χ0n) is 10.9. The van der Waals surface area contributed by atoms with Gasteiger partial charge in [0.25, 0.3) is 0 Å². The lowest BCUT2D eigenvalue weighted by molar-refractivity contribution is -0.137. The van der Waals surface area contributed by atoms with Gasteiger partial charge in [-0.1, -0.05) is 20.4 Å². The number of likely N-dealkylation sites (tertiary alicyclic amines) is 1. The molecule has 0 unspecified atom stereocenters. The van der Waals surface area contributed by atoms with Crippen molar-refractivity contribution in [3.8, 4) is 0 Å². The van der Waals surface area contributed by atoms with Gasteiger partial charge >= 0.3 is 0 Å². The Hall–Kier alpha value is -1.20. The molecule has 0 aliphatic carbocycles. The standard InChI is InChI=1S/C13H20N2O3/c1-7(2)4-9(14)13(17)15-5-8(3)12-11(15)10(16)6-18-12/h7,9,11-12H,3-6,14H2,1-2H3/t9-,11+,12+/m0/s1. The predicted octanol–water partition coefficient (Wildman–Crippen LogP) is 0.0947. The van der Waals surface area contributed by atoms with Gasteiger partial charge in [-0.3, -0.25) is 9.59 Å². The minimum Gasteiger partial charge on any atom is -0.363 e. The van der Waals surface area contributed by atoms with Crippen LogP contribution >= 0.6 is 0 Å². The number of hydrogen-bond donors (Lipinski definition) is 1. The van der Waals surface area contributed by atoms with Crippen LogP contribution in [0.4, 0.5) is 0 Å². The Labute approximate surface area is 107 Å². The summed E-state index contributed by atoms with van der Waals surface area (Å²) in [4.78, 5) is 25.6. The third-order valence-electron chi connectivity index (χ3n) is 3.46. The molecule has 2 saturated heterocycles. The molecule has 2 aliphatic rings. The molecule has 2 N–H and O–H groups in total. The topological polar surface area (TPSA) is 72.6 Å². The van der Waals surface area contributed by atoms with E-state index in [1.54, 1.807) is 0 Å². The van der Waals surface area contributed by atoms with Crippen LogP contribution in [0.3, 0.4) is 0 Å². The average molecular weight is 252 g/mol. The number of amides is 1. The quantitative estimate of drug-likeness (QED) is 0.723. The Morgan fingerprint density at radius 2 is 2.28 bits per heavy atom. The monoisotopic (exact) mass is 252 g/mol. The van der Waals surface area contributed by atoms with Gasteiger partial charge in [0.1, 0.15) is 18.8 Å². The fraction of sp³-hybridized carbons (Fsp3) is 0.692. The number of carbonyl (C=O) groups is 2. The number of carbonyl (C=O) groups excluding carboxylic acids is 2. The van der Waals surface area contributed by atoms with Crippen LogP contribution in [0.2, 0.25) is 0 Å². The van der Waals surface area contributed by atoms with E-state index in [4.69, 9.17) is 10.5 Å². The van der Waals surface area contributed by atoms with Crippen molar-refractivity contribution >= 4 is 11.7 Å². The van der Waals surface area contributed by atoms with Crippen molar-refractivity contribution in [2.24, 2.45) is 11.7 Å². The van der Waals surface area contributed by atoms with Crippen LogP contribution in [-0.4, -0.2) is 47.9 Å². The Kier molecular flexibility index (Phi) is 3.54. The molecule has 0 aromatic heterocycles. The SMILES string of the molecule is C=C1CN(C(=O)[C@@H](N)CC(C)C)[C@@H]2C(=O)CO[C@H]12. The van der Waals surface area contributed by atoms with Gasteiger partial charge in [-0.2, -0.15) is 0 Å². The highest BCUT2D eigenvalue weighted by Gasteiger charge is 2.49. The first-order chi connectivity index (χ1) is 8.41. The lowest BCUT2D eigenvalue weighted by Crippen LogP contribution is -2.49. The Balaban J connectivity index is 2.11. The lowest BCUT2D eigenvalue weighted by atomic mass is 10.0. The summed E-state index contributed by atoms with van der Waals surface area (Å²) in [6, 6.07) is -1.05. The summed E-state index contributed by atoms with van der Waals surface area (Å²) >= 11 is 0. The molecule has 0 spiro atoms. The van der Waals surface area contributed by atoms with Gasteiger partial charge < -0.3 is 15.4 Å². The van der Waals surface area contributed by atoms with Crippen molar-refractivity contribution in [2.45, 2.75) is 38.5 Å². The lowest BCUT2D eigenvalue weighted by Gasteiger charge is -2.25. The van der Waals surface area contributed by atoms with Gasteiger partial charge in [0.05, 0.1) is 6.04 Å². The van der Waals surface area contributed by atoms with Gasteiger partial charge in [-0.05, 0) is 17.9 Å². The molecular formula is C13H20N2O3. The molecule has 0 radical (unpaired) electrons. The van der Waals surface area contributed by atoms with Crippen LogP contribution in [0, 0.1) is 5.92 Å². The maximum absolute atomic E-state index is 12.3. The second-order valence-corrected chi connectivity index (χ2v) is 5.50. The van der Waals surface area contributed by atoms with E-state index in [9.17, 15) is 9.59 Å². The number of ketones is 1. The van der Waals surface area contributed by atoms with Crippen LogP contribution in [0.15, 0.2) is 12.2 Å². The largest absolute Gasteiger partial charge is 0.363 e. The molecule has 100 valence electrons. The van der Waals surface area contributed by atoms with Crippen molar-refractivity contribution in [1.82, 2.24) is 4.90 Å². The maximum Gasteiger partial charge on any atom is 0.240 e. The molecule has 3 atom stereocenters. The molecule has 2 rings (SSSR count). The highest BCUT2D eigenvalue weighted by atomic mass is 16.5. The smallest absolute Gasteiger partial charge is 0.240 e. The Morgan fingerprint density at radius 1 is 1.61 bits per heavy atom. The van der Waals surface area contributed by atoms with E-state index in [1.165, 1.54) is 4.90 Å². The van der Waals surface area contributed by atoms with E-state index in [1.807, 2.05) is 13.8 Å². The summed E-state index contributed by atoms with van der Waals surface area (Å²) in [6.45, 7) is 8.35. The first kappa shape index (κ1) is 13.2. The fourth-order valence-corrected chi connectivity index (χ4v) is 2.64. The molecule has 0 saturated carbocycles. The van der Waals surface area contributed by atoms with E-state index >= 15 is 0 Å². The fourth-order valence-electron chi connectivity index (χ4n) is 2.64. The molecule has 5 nitrogen and oxygen atoms in total. The van der Waals surface area contributed by atoms with E-state index in [0.717, 1.165) is 5.57 Å². The highest BCUT2D eigenvalue weighted by Crippen LogP contribution is 2.30. The predicted molar refractivity (Wildman–Crippen MR) is 66.8 cm³/mol. The third kappa shape index (κ3) is 2.20. The second-order valence-electron chi connectivity index (χ2n) is 5.50. The van der Waals surface area contributed by atoms with E-state index in [-0.39, 0.29) is 24.4 Å². The summed E-state index contributed by atoms with van der Waals surface area (Å²) < 4.78 is 5.36. The molecule has 2 fully saturated rings. The number of ether oxygens (including phenoxy) is 1. The van der Waals surface area contributed by atoms with E-state index in [2.05, 4.69) is 6.58 Å². The first-order valence-corrected chi connectivity index (χ1v) is 6.30. The van der Waals surface area contributed by atoms with Crippen LogP contribution in [0.5, 0.6) is 0 Å². The van der Waals surface area contributed by atoms with Gasteiger partial charge in [-0.25, -0.2) is 0 Å². The molecule has 5 heteroatoms. The van der Waals surface area contributed by atoms with Crippen molar-refractivity contribution in [3.63, 3.8) is 0 Å². The van der Waals surface area contributed by atoms with E-state index in [0.29, 0.717) is 18.9 Å². The number of fused-ring (bicyclic) bond motifs is 1. The molecular weight excluding hydrogens is 232 g/mol. The Morgan fingerprint density at radius 3 is 2.89 bits per heavy atom. The first-order valence-electron chi connectivity index (χ1n) is 6.30. The molecule has 1 amide bonds. The zero-order chi connectivity index (χ0) is 13.4. The van der Waals surface area contributed by atoms with E-state index < -0.39 is 12.1 Å². The van der Waals surface area contributed by atoms with Gasteiger partial charge in [0.15, 0.2) is 5.78 Å².